The maximum atomic E-state index is 12.9. The van der Waals surface area contributed by atoms with E-state index in [1.165, 1.54) is 9.87 Å². The standard InChI is InChI=1S/C22H29N3O3S/c1-18-4-8-20(9-5-18)16-23-22(26)17-24-12-3-13-25(15-14-24)29(27,28)21-10-6-19(2)7-11-21/h4-11H,3,12-17H2,1-2H3,(H,23,26). The number of benzene rings is 2. The predicted octanol–water partition coefficient (Wildman–Crippen LogP) is 2.32. The van der Waals surface area contributed by atoms with Gasteiger partial charge in [0.05, 0.1) is 11.4 Å². The largest absolute Gasteiger partial charge is 0.351 e. The van der Waals surface area contributed by atoms with Crippen molar-refractivity contribution in [1.29, 1.82) is 0 Å². The summed E-state index contributed by atoms with van der Waals surface area (Å²) >= 11 is 0. The minimum atomic E-state index is -3.50. The van der Waals surface area contributed by atoms with Gasteiger partial charge in [-0.3, -0.25) is 9.69 Å². The average Bonchev–Trinajstić information content (AvgIpc) is 2.94. The number of hydrogen-bond donors (Lipinski definition) is 1. The van der Waals surface area contributed by atoms with Crippen LogP contribution in [-0.4, -0.2) is 56.3 Å². The summed E-state index contributed by atoms with van der Waals surface area (Å²) in [5.41, 5.74) is 3.28. The molecule has 1 fully saturated rings. The summed E-state index contributed by atoms with van der Waals surface area (Å²) in [4.78, 5) is 14.7. The zero-order chi connectivity index (χ0) is 20.9. The van der Waals surface area contributed by atoms with Gasteiger partial charge in [0.1, 0.15) is 0 Å². The van der Waals surface area contributed by atoms with Crippen molar-refractivity contribution in [1.82, 2.24) is 14.5 Å². The Hall–Kier alpha value is -2.22. The van der Waals surface area contributed by atoms with Crippen LogP contribution in [0.4, 0.5) is 0 Å². The Morgan fingerprint density at radius 2 is 1.52 bits per heavy atom. The number of aryl methyl sites for hydroxylation is 2. The summed E-state index contributed by atoms with van der Waals surface area (Å²) in [7, 11) is -3.50. The molecule has 0 radical (unpaired) electrons. The molecule has 1 amide bonds. The number of sulfonamides is 1. The highest BCUT2D eigenvalue weighted by molar-refractivity contribution is 7.89. The molecule has 0 bridgehead atoms. The predicted molar refractivity (Wildman–Crippen MR) is 114 cm³/mol. The van der Waals surface area contributed by atoms with Crippen molar-refractivity contribution in [3.8, 4) is 0 Å². The van der Waals surface area contributed by atoms with Gasteiger partial charge in [-0.1, -0.05) is 47.5 Å². The average molecular weight is 416 g/mol. The molecule has 0 unspecified atom stereocenters. The van der Waals surface area contributed by atoms with Crippen LogP contribution in [0.25, 0.3) is 0 Å². The Morgan fingerprint density at radius 1 is 0.897 bits per heavy atom. The summed E-state index contributed by atoms with van der Waals surface area (Å²) in [6, 6.07) is 15.0. The fraction of sp³-hybridized carbons (Fsp3) is 0.409. The van der Waals surface area contributed by atoms with Gasteiger partial charge >= 0.3 is 0 Å². The van der Waals surface area contributed by atoms with Crippen molar-refractivity contribution < 1.29 is 13.2 Å². The minimum absolute atomic E-state index is 0.0413. The molecule has 0 aromatic heterocycles. The normalized spacial score (nSPS) is 16.3. The van der Waals surface area contributed by atoms with Crippen LogP contribution in [0.5, 0.6) is 0 Å². The van der Waals surface area contributed by atoms with Gasteiger partial charge in [-0.2, -0.15) is 4.31 Å². The van der Waals surface area contributed by atoms with E-state index in [4.69, 9.17) is 0 Å². The molecule has 1 heterocycles. The monoisotopic (exact) mass is 415 g/mol. The molecule has 29 heavy (non-hydrogen) atoms. The second-order valence-corrected chi connectivity index (χ2v) is 9.55. The maximum absolute atomic E-state index is 12.9. The van der Waals surface area contributed by atoms with Gasteiger partial charge in [0, 0.05) is 26.2 Å². The first-order valence-corrected chi connectivity index (χ1v) is 11.4. The Balaban J connectivity index is 1.52. The molecule has 0 atom stereocenters. The first kappa shape index (κ1) is 21.5. The highest BCUT2D eigenvalue weighted by Gasteiger charge is 2.27. The van der Waals surface area contributed by atoms with Gasteiger partial charge in [-0.15, -0.1) is 0 Å². The van der Waals surface area contributed by atoms with Gasteiger partial charge in [0.15, 0.2) is 0 Å². The van der Waals surface area contributed by atoms with Crippen LogP contribution in [0.3, 0.4) is 0 Å². The van der Waals surface area contributed by atoms with Crippen molar-refractivity contribution in [3.05, 3.63) is 65.2 Å². The van der Waals surface area contributed by atoms with E-state index in [1.54, 1.807) is 12.1 Å². The van der Waals surface area contributed by atoms with E-state index in [0.29, 0.717) is 44.0 Å². The minimum Gasteiger partial charge on any atom is -0.351 e. The van der Waals surface area contributed by atoms with Crippen LogP contribution < -0.4 is 5.32 Å². The number of amides is 1. The van der Waals surface area contributed by atoms with Gasteiger partial charge in [-0.25, -0.2) is 8.42 Å². The molecule has 0 spiro atoms. The molecule has 7 heteroatoms. The highest BCUT2D eigenvalue weighted by atomic mass is 32.2. The molecule has 0 saturated carbocycles. The zero-order valence-electron chi connectivity index (χ0n) is 17.1. The SMILES string of the molecule is Cc1ccc(CNC(=O)CN2CCCN(S(=O)(=O)c3ccc(C)cc3)CC2)cc1. The third kappa shape index (κ3) is 5.88. The highest BCUT2D eigenvalue weighted by Crippen LogP contribution is 2.18. The first-order valence-electron chi connectivity index (χ1n) is 9.96. The summed E-state index contributed by atoms with van der Waals surface area (Å²) in [5.74, 6) is -0.0413. The lowest BCUT2D eigenvalue weighted by Crippen LogP contribution is -2.39. The summed E-state index contributed by atoms with van der Waals surface area (Å²) in [6.07, 6.45) is 0.705. The molecule has 2 aromatic rings. The van der Waals surface area contributed by atoms with Crippen LogP contribution in [0.15, 0.2) is 53.4 Å². The molecular formula is C22H29N3O3S. The fourth-order valence-electron chi connectivity index (χ4n) is 3.37. The Labute approximate surface area is 173 Å². The van der Waals surface area contributed by atoms with E-state index in [9.17, 15) is 13.2 Å². The second-order valence-electron chi connectivity index (χ2n) is 7.61. The second kappa shape index (κ2) is 9.52. The van der Waals surface area contributed by atoms with E-state index in [-0.39, 0.29) is 12.5 Å². The zero-order valence-corrected chi connectivity index (χ0v) is 17.9. The Kier molecular flexibility index (Phi) is 7.05. The van der Waals surface area contributed by atoms with Gasteiger partial charge in [0.2, 0.25) is 15.9 Å². The van der Waals surface area contributed by atoms with Crippen LogP contribution in [-0.2, 0) is 21.4 Å². The summed E-state index contributed by atoms with van der Waals surface area (Å²) in [6.45, 7) is 6.86. The van der Waals surface area contributed by atoms with Crippen molar-refractivity contribution in [2.45, 2.75) is 31.7 Å². The number of rotatable bonds is 6. The number of carbonyl (C=O) groups excluding carboxylic acids is 1. The number of nitrogens with one attached hydrogen (secondary N) is 1. The third-order valence-corrected chi connectivity index (χ3v) is 7.10. The fourth-order valence-corrected chi connectivity index (χ4v) is 4.84. The van der Waals surface area contributed by atoms with E-state index < -0.39 is 10.0 Å². The van der Waals surface area contributed by atoms with Crippen molar-refractivity contribution >= 4 is 15.9 Å². The summed E-state index contributed by atoms with van der Waals surface area (Å²) in [5, 5.41) is 2.95. The molecule has 1 saturated heterocycles. The molecule has 6 nitrogen and oxygen atoms in total. The molecule has 3 rings (SSSR count). The quantitative estimate of drug-likeness (QED) is 0.786. The van der Waals surface area contributed by atoms with Crippen LogP contribution in [0.1, 0.15) is 23.1 Å². The van der Waals surface area contributed by atoms with E-state index in [1.807, 2.05) is 55.1 Å². The first-order chi connectivity index (χ1) is 13.8. The lowest BCUT2D eigenvalue weighted by molar-refractivity contribution is -0.122. The van der Waals surface area contributed by atoms with Crippen molar-refractivity contribution in [2.24, 2.45) is 0 Å². The molecule has 0 aliphatic carbocycles. The Morgan fingerprint density at radius 3 is 2.17 bits per heavy atom. The van der Waals surface area contributed by atoms with E-state index in [2.05, 4.69) is 5.32 Å². The molecule has 156 valence electrons. The number of nitrogens with zero attached hydrogens (tertiary/aromatic N) is 2. The molecule has 1 aliphatic heterocycles. The summed E-state index contributed by atoms with van der Waals surface area (Å²) < 4.78 is 27.3. The van der Waals surface area contributed by atoms with E-state index >= 15 is 0 Å². The topological polar surface area (TPSA) is 69.7 Å². The number of hydrogen-bond acceptors (Lipinski definition) is 4. The van der Waals surface area contributed by atoms with Crippen LogP contribution in [0.2, 0.25) is 0 Å². The van der Waals surface area contributed by atoms with Gasteiger partial charge < -0.3 is 5.32 Å². The third-order valence-electron chi connectivity index (χ3n) is 5.18. The molecular weight excluding hydrogens is 386 g/mol. The smallest absolute Gasteiger partial charge is 0.243 e. The van der Waals surface area contributed by atoms with Crippen molar-refractivity contribution in [3.63, 3.8) is 0 Å². The molecule has 1 N–H and O–H groups in total. The van der Waals surface area contributed by atoms with Gasteiger partial charge in [0.25, 0.3) is 0 Å². The van der Waals surface area contributed by atoms with Crippen LogP contribution in [0, 0.1) is 13.8 Å². The Bertz CT molecular complexity index is 925. The molecule has 1 aliphatic rings. The lowest BCUT2D eigenvalue weighted by atomic mass is 10.1. The molecule has 2 aromatic carbocycles. The van der Waals surface area contributed by atoms with Crippen LogP contribution >= 0.6 is 0 Å². The lowest BCUT2D eigenvalue weighted by Gasteiger charge is -2.21. The van der Waals surface area contributed by atoms with Crippen molar-refractivity contribution in [2.75, 3.05) is 32.7 Å². The maximum Gasteiger partial charge on any atom is 0.243 e. The number of carbonyl (C=O) groups is 1. The van der Waals surface area contributed by atoms with E-state index in [0.717, 1.165) is 11.1 Å². The van der Waals surface area contributed by atoms with Gasteiger partial charge in [-0.05, 0) is 44.5 Å².